The van der Waals surface area contributed by atoms with Crippen molar-refractivity contribution in [2.24, 2.45) is 0 Å². The number of halogens is 1. The number of carbonyl (C=O) groups is 1. The molecule has 20 heavy (non-hydrogen) atoms. The summed E-state index contributed by atoms with van der Waals surface area (Å²) in [5.74, 6) is 0.969. The van der Waals surface area contributed by atoms with Crippen LogP contribution in [0.15, 0.2) is 23.1 Å². The quantitative estimate of drug-likeness (QED) is 0.618. The monoisotopic (exact) mass is 338 g/mol. The molecule has 6 nitrogen and oxygen atoms in total. The Kier molecular flexibility index (Phi) is 4.84. The van der Waals surface area contributed by atoms with E-state index in [0.29, 0.717) is 22.6 Å². The number of nitrogens with zero attached hydrogens (tertiary/aromatic N) is 4. The van der Waals surface area contributed by atoms with Gasteiger partial charge in [0.2, 0.25) is 0 Å². The number of esters is 1. The minimum atomic E-state index is -0.388. The van der Waals surface area contributed by atoms with Crippen molar-refractivity contribution in [3.05, 3.63) is 34.5 Å². The molecule has 2 aromatic rings. The number of hydrogen-bond acceptors (Lipinski definition) is 5. The van der Waals surface area contributed by atoms with E-state index in [9.17, 15) is 4.79 Å². The van der Waals surface area contributed by atoms with Crippen LogP contribution in [0, 0.1) is 0 Å². The van der Waals surface area contributed by atoms with Gasteiger partial charge in [-0.05, 0) is 29.3 Å². The van der Waals surface area contributed by atoms with Crippen LogP contribution in [0.4, 0.5) is 0 Å². The number of ether oxygens (including phenoxy) is 1. The lowest BCUT2D eigenvalue weighted by Crippen LogP contribution is -2.05. The van der Waals surface area contributed by atoms with E-state index in [1.807, 2.05) is 0 Å². The van der Waals surface area contributed by atoms with E-state index in [-0.39, 0.29) is 5.97 Å². The lowest BCUT2D eigenvalue weighted by molar-refractivity contribution is 0.0526. The van der Waals surface area contributed by atoms with Crippen molar-refractivity contribution < 1.29 is 9.53 Å². The zero-order valence-electron chi connectivity index (χ0n) is 11.3. The molecule has 2 rings (SSSR count). The molecule has 2 aromatic heterocycles. The standard InChI is InChI=1S/C13H15BrN4O2/c1-3-5-11-16-10(14)6-12(17-11)18-8-9(7-15-18)13(19)20-4-2/h6-8H,3-5H2,1-2H3. The Labute approximate surface area is 125 Å². The van der Waals surface area contributed by atoms with Gasteiger partial charge in [-0.3, -0.25) is 0 Å². The highest BCUT2D eigenvalue weighted by atomic mass is 79.9. The topological polar surface area (TPSA) is 69.9 Å². The molecule has 0 aliphatic rings. The molecule has 0 N–H and O–H groups in total. The molecule has 0 fully saturated rings. The summed E-state index contributed by atoms with van der Waals surface area (Å²) in [5, 5.41) is 4.14. The van der Waals surface area contributed by atoms with Crippen LogP contribution in [-0.4, -0.2) is 32.3 Å². The molecule has 7 heteroatoms. The molecule has 0 saturated heterocycles. The van der Waals surface area contributed by atoms with Crippen LogP contribution in [0.25, 0.3) is 5.82 Å². The highest BCUT2D eigenvalue weighted by Crippen LogP contribution is 2.13. The fourth-order valence-electron chi connectivity index (χ4n) is 1.67. The zero-order chi connectivity index (χ0) is 14.5. The van der Waals surface area contributed by atoms with Crippen molar-refractivity contribution in [2.45, 2.75) is 26.7 Å². The molecule has 2 heterocycles. The van der Waals surface area contributed by atoms with Crippen LogP contribution < -0.4 is 0 Å². The van der Waals surface area contributed by atoms with Gasteiger partial charge in [-0.25, -0.2) is 19.4 Å². The molecule has 0 aromatic carbocycles. The minimum absolute atomic E-state index is 0.337. The van der Waals surface area contributed by atoms with Gasteiger partial charge in [-0.2, -0.15) is 5.10 Å². The Hall–Kier alpha value is -1.76. The SMILES string of the molecule is CCCc1nc(Br)cc(-n2cc(C(=O)OCC)cn2)n1. The maximum atomic E-state index is 11.6. The van der Waals surface area contributed by atoms with Gasteiger partial charge < -0.3 is 4.74 Å². The summed E-state index contributed by atoms with van der Waals surface area (Å²) in [6.45, 7) is 4.17. The third-order valence-corrected chi connectivity index (χ3v) is 2.94. The van der Waals surface area contributed by atoms with Crippen LogP contribution >= 0.6 is 15.9 Å². The molecule has 0 atom stereocenters. The Morgan fingerprint density at radius 3 is 2.90 bits per heavy atom. The summed E-state index contributed by atoms with van der Waals surface area (Å²) in [4.78, 5) is 20.3. The molecular formula is C13H15BrN4O2. The highest BCUT2D eigenvalue weighted by Gasteiger charge is 2.12. The summed E-state index contributed by atoms with van der Waals surface area (Å²) in [6, 6.07) is 1.75. The lowest BCUT2D eigenvalue weighted by atomic mass is 10.3. The second kappa shape index (κ2) is 6.60. The predicted octanol–water partition coefficient (Wildman–Crippen LogP) is 2.55. The third-order valence-electron chi connectivity index (χ3n) is 2.53. The number of carbonyl (C=O) groups excluding carboxylic acids is 1. The maximum Gasteiger partial charge on any atom is 0.341 e. The van der Waals surface area contributed by atoms with Crippen LogP contribution in [0.1, 0.15) is 36.5 Å². The van der Waals surface area contributed by atoms with E-state index in [4.69, 9.17) is 4.74 Å². The first kappa shape index (κ1) is 14.6. The Morgan fingerprint density at radius 2 is 2.20 bits per heavy atom. The van der Waals surface area contributed by atoms with Gasteiger partial charge in [0.05, 0.1) is 18.4 Å². The van der Waals surface area contributed by atoms with Gasteiger partial charge in [-0.1, -0.05) is 6.92 Å². The predicted molar refractivity (Wildman–Crippen MR) is 76.8 cm³/mol. The molecule has 0 aliphatic heterocycles. The largest absolute Gasteiger partial charge is 0.462 e. The molecule has 0 unspecified atom stereocenters. The van der Waals surface area contributed by atoms with E-state index in [1.54, 1.807) is 19.2 Å². The molecular weight excluding hydrogens is 324 g/mol. The number of aromatic nitrogens is 4. The van der Waals surface area contributed by atoms with Gasteiger partial charge >= 0.3 is 5.97 Å². The van der Waals surface area contributed by atoms with E-state index in [1.165, 1.54) is 10.9 Å². The van der Waals surface area contributed by atoms with Crippen molar-refractivity contribution in [1.82, 2.24) is 19.7 Å². The number of hydrogen-bond donors (Lipinski definition) is 0. The average Bonchev–Trinajstić information content (AvgIpc) is 2.88. The Morgan fingerprint density at radius 1 is 1.40 bits per heavy atom. The minimum Gasteiger partial charge on any atom is -0.462 e. The molecule has 0 spiro atoms. The van der Waals surface area contributed by atoms with Gasteiger partial charge in [0.25, 0.3) is 0 Å². The number of aryl methyl sites for hydroxylation is 1. The van der Waals surface area contributed by atoms with E-state index >= 15 is 0 Å². The maximum absolute atomic E-state index is 11.6. The second-order valence-electron chi connectivity index (χ2n) is 4.11. The van der Waals surface area contributed by atoms with Gasteiger partial charge in [0.15, 0.2) is 5.82 Å². The van der Waals surface area contributed by atoms with Crippen LogP contribution in [0.5, 0.6) is 0 Å². The zero-order valence-corrected chi connectivity index (χ0v) is 12.9. The van der Waals surface area contributed by atoms with E-state index < -0.39 is 0 Å². The molecule has 0 amide bonds. The average molecular weight is 339 g/mol. The van der Waals surface area contributed by atoms with Crippen LogP contribution in [-0.2, 0) is 11.2 Å². The summed E-state index contributed by atoms with van der Waals surface area (Å²) in [5.41, 5.74) is 0.402. The van der Waals surface area contributed by atoms with Gasteiger partial charge in [0.1, 0.15) is 10.4 Å². The second-order valence-corrected chi connectivity index (χ2v) is 4.92. The molecule has 0 bridgehead atoms. The summed E-state index contributed by atoms with van der Waals surface area (Å²) >= 11 is 3.36. The lowest BCUT2D eigenvalue weighted by Gasteiger charge is -2.04. The first-order chi connectivity index (χ1) is 9.63. The molecule has 0 saturated carbocycles. The third kappa shape index (κ3) is 3.41. The first-order valence-electron chi connectivity index (χ1n) is 6.39. The summed E-state index contributed by atoms with van der Waals surface area (Å²) < 4.78 is 7.16. The van der Waals surface area contributed by atoms with Gasteiger partial charge in [-0.15, -0.1) is 0 Å². The van der Waals surface area contributed by atoms with Crippen LogP contribution in [0.3, 0.4) is 0 Å². The van der Waals surface area contributed by atoms with Crippen molar-refractivity contribution in [3.8, 4) is 5.82 Å². The molecule has 0 radical (unpaired) electrons. The molecule has 106 valence electrons. The first-order valence-corrected chi connectivity index (χ1v) is 7.19. The highest BCUT2D eigenvalue weighted by molar-refractivity contribution is 9.10. The van der Waals surface area contributed by atoms with Crippen molar-refractivity contribution in [3.63, 3.8) is 0 Å². The normalized spacial score (nSPS) is 10.6. The fraction of sp³-hybridized carbons (Fsp3) is 0.385. The Balaban J connectivity index is 2.29. The fourth-order valence-corrected chi connectivity index (χ4v) is 2.08. The van der Waals surface area contributed by atoms with E-state index in [2.05, 4.69) is 37.9 Å². The van der Waals surface area contributed by atoms with Crippen molar-refractivity contribution >= 4 is 21.9 Å². The van der Waals surface area contributed by atoms with E-state index in [0.717, 1.165) is 18.7 Å². The smallest absolute Gasteiger partial charge is 0.341 e. The summed E-state index contributed by atoms with van der Waals surface area (Å²) in [6.07, 6.45) is 4.82. The molecule has 0 aliphatic carbocycles. The van der Waals surface area contributed by atoms with Gasteiger partial charge in [0, 0.05) is 18.7 Å². The number of rotatable bonds is 5. The summed E-state index contributed by atoms with van der Waals surface area (Å²) in [7, 11) is 0. The van der Waals surface area contributed by atoms with Crippen molar-refractivity contribution in [2.75, 3.05) is 6.61 Å². The Bertz CT molecular complexity index is 612. The van der Waals surface area contributed by atoms with Crippen molar-refractivity contribution in [1.29, 1.82) is 0 Å². The van der Waals surface area contributed by atoms with Crippen LogP contribution in [0.2, 0.25) is 0 Å².